The van der Waals surface area contributed by atoms with Gasteiger partial charge in [-0.1, -0.05) is 0 Å². The van der Waals surface area contributed by atoms with Crippen LogP contribution in [0.1, 0.15) is 12.8 Å². The number of hydrogen-bond donors (Lipinski definition) is 1. The molecule has 19 heavy (non-hydrogen) atoms. The lowest BCUT2D eigenvalue weighted by Gasteiger charge is -2.10. The van der Waals surface area contributed by atoms with Crippen LogP contribution in [0.15, 0.2) is 0 Å². The van der Waals surface area contributed by atoms with E-state index in [1.54, 1.807) is 7.11 Å². The van der Waals surface area contributed by atoms with Crippen LogP contribution < -0.4 is 5.32 Å². The Morgan fingerprint density at radius 2 is 1.84 bits per heavy atom. The van der Waals surface area contributed by atoms with E-state index in [-0.39, 0.29) is 11.8 Å². The van der Waals surface area contributed by atoms with Crippen LogP contribution in [0.2, 0.25) is 0 Å². The molecule has 0 radical (unpaired) electrons. The van der Waals surface area contributed by atoms with Gasteiger partial charge >= 0.3 is 0 Å². The molecule has 1 atom stereocenters. The van der Waals surface area contributed by atoms with Gasteiger partial charge in [-0.25, -0.2) is 8.42 Å². The second-order valence-electron chi connectivity index (χ2n) is 4.63. The summed E-state index contributed by atoms with van der Waals surface area (Å²) in [6, 6.07) is 0.103. The Kier molecular flexibility index (Phi) is 8.56. The fourth-order valence-corrected chi connectivity index (χ4v) is 3.61. The van der Waals surface area contributed by atoms with E-state index in [2.05, 4.69) is 5.32 Å². The molecule has 1 rings (SSSR count). The SMILES string of the molecule is COCCOCCCOCCNC1CCS(=O)(=O)C1. The molecule has 0 aromatic rings. The zero-order chi connectivity index (χ0) is 14.0. The van der Waals surface area contributed by atoms with Crippen LogP contribution >= 0.6 is 0 Å². The van der Waals surface area contributed by atoms with E-state index in [4.69, 9.17) is 14.2 Å². The first-order chi connectivity index (χ1) is 9.14. The summed E-state index contributed by atoms with van der Waals surface area (Å²) in [5.41, 5.74) is 0. The van der Waals surface area contributed by atoms with Crippen LogP contribution in [0.5, 0.6) is 0 Å². The number of methoxy groups -OCH3 is 1. The van der Waals surface area contributed by atoms with Crippen molar-refractivity contribution in [2.24, 2.45) is 0 Å². The summed E-state index contributed by atoms with van der Waals surface area (Å²) in [5.74, 6) is 0.574. The summed E-state index contributed by atoms with van der Waals surface area (Å²) < 4.78 is 38.0. The van der Waals surface area contributed by atoms with E-state index >= 15 is 0 Å². The third-order valence-corrected chi connectivity index (χ3v) is 4.69. The molecule has 1 N–H and O–H groups in total. The van der Waals surface area contributed by atoms with Crippen molar-refractivity contribution in [2.75, 3.05) is 58.2 Å². The van der Waals surface area contributed by atoms with Gasteiger partial charge in [0, 0.05) is 32.9 Å². The van der Waals surface area contributed by atoms with Gasteiger partial charge in [0.15, 0.2) is 9.84 Å². The molecule has 0 saturated carbocycles. The molecule has 1 heterocycles. The molecule has 7 heteroatoms. The molecule has 0 aliphatic carbocycles. The van der Waals surface area contributed by atoms with Crippen molar-refractivity contribution in [3.8, 4) is 0 Å². The Labute approximate surface area is 115 Å². The number of ether oxygens (including phenoxy) is 3. The van der Waals surface area contributed by atoms with E-state index in [9.17, 15) is 8.42 Å². The van der Waals surface area contributed by atoms with Crippen molar-refractivity contribution < 1.29 is 22.6 Å². The Morgan fingerprint density at radius 3 is 2.47 bits per heavy atom. The van der Waals surface area contributed by atoms with Gasteiger partial charge in [0.25, 0.3) is 0 Å². The maximum absolute atomic E-state index is 11.2. The average Bonchev–Trinajstić information content (AvgIpc) is 2.71. The predicted octanol–water partition coefficient (Wildman–Crippen LogP) is -0.167. The lowest BCUT2D eigenvalue weighted by molar-refractivity contribution is 0.0516. The van der Waals surface area contributed by atoms with E-state index in [0.717, 1.165) is 12.8 Å². The minimum Gasteiger partial charge on any atom is -0.382 e. The fraction of sp³-hybridized carbons (Fsp3) is 1.00. The van der Waals surface area contributed by atoms with Gasteiger partial charge in [-0.2, -0.15) is 0 Å². The van der Waals surface area contributed by atoms with Gasteiger partial charge in [0.05, 0.1) is 31.3 Å². The van der Waals surface area contributed by atoms with Crippen LogP contribution in [0.4, 0.5) is 0 Å². The van der Waals surface area contributed by atoms with Crippen molar-refractivity contribution in [2.45, 2.75) is 18.9 Å². The molecule has 114 valence electrons. The summed E-state index contributed by atoms with van der Waals surface area (Å²) in [5, 5.41) is 3.20. The smallest absolute Gasteiger partial charge is 0.151 e. The normalized spacial score (nSPS) is 21.8. The van der Waals surface area contributed by atoms with Crippen molar-refractivity contribution >= 4 is 9.84 Å². The van der Waals surface area contributed by atoms with Crippen LogP contribution in [0, 0.1) is 0 Å². The van der Waals surface area contributed by atoms with Gasteiger partial charge in [0.1, 0.15) is 0 Å². The first-order valence-electron chi connectivity index (χ1n) is 6.72. The lowest BCUT2D eigenvalue weighted by atomic mass is 10.3. The summed E-state index contributed by atoms with van der Waals surface area (Å²) in [6.45, 7) is 3.89. The minimum atomic E-state index is -2.79. The van der Waals surface area contributed by atoms with Gasteiger partial charge < -0.3 is 19.5 Å². The number of rotatable bonds is 11. The largest absolute Gasteiger partial charge is 0.382 e. The lowest BCUT2D eigenvalue weighted by Crippen LogP contribution is -2.32. The maximum atomic E-state index is 11.2. The molecule has 1 aliphatic rings. The predicted molar refractivity (Wildman–Crippen MR) is 73.2 cm³/mol. The highest BCUT2D eigenvalue weighted by atomic mass is 32.2. The topological polar surface area (TPSA) is 73.9 Å². The summed E-state index contributed by atoms with van der Waals surface area (Å²) in [7, 11) is -1.14. The van der Waals surface area contributed by atoms with Crippen LogP contribution in [0.25, 0.3) is 0 Å². The molecule has 1 saturated heterocycles. The monoisotopic (exact) mass is 295 g/mol. The molecule has 0 aromatic carbocycles. The van der Waals surface area contributed by atoms with E-state index < -0.39 is 9.84 Å². The van der Waals surface area contributed by atoms with Gasteiger partial charge in [-0.3, -0.25) is 0 Å². The highest BCUT2D eigenvalue weighted by Crippen LogP contribution is 2.10. The maximum Gasteiger partial charge on any atom is 0.151 e. The molecule has 0 spiro atoms. The molecule has 0 aromatic heterocycles. The quantitative estimate of drug-likeness (QED) is 0.534. The summed E-state index contributed by atoms with van der Waals surface area (Å²) in [4.78, 5) is 0. The molecule has 0 bridgehead atoms. The Morgan fingerprint density at radius 1 is 1.11 bits per heavy atom. The number of sulfone groups is 1. The first-order valence-corrected chi connectivity index (χ1v) is 8.54. The summed E-state index contributed by atoms with van der Waals surface area (Å²) in [6.07, 6.45) is 1.58. The van der Waals surface area contributed by atoms with Crippen LogP contribution in [-0.2, 0) is 24.0 Å². The van der Waals surface area contributed by atoms with E-state index in [1.807, 2.05) is 0 Å². The molecule has 1 aliphatic heterocycles. The number of nitrogens with one attached hydrogen (secondary N) is 1. The standard InChI is InChI=1S/C12H25NO5S/c1-16-8-9-18-6-2-5-17-7-4-13-12-3-10-19(14,15)11-12/h12-13H,2-11H2,1H3. The highest BCUT2D eigenvalue weighted by Gasteiger charge is 2.26. The molecule has 1 fully saturated rings. The van der Waals surface area contributed by atoms with Crippen molar-refractivity contribution in [3.05, 3.63) is 0 Å². The first kappa shape index (κ1) is 16.8. The molecule has 0 amide bonds. The Hall–Kier alpha value is -0.210. The van der Waals surface area contributed by atoms with Crippen LogP contribution in [0.3, 0.4) is 0 Å². The highest BCUT2D eigenvalue weighted by molar-refractivity contribution is 7.91. The zero-order valence-corrected chi connectivity index (χ0v) is 12.4. The Balaban J connectivity index is 1.82. The van der Waals surface area contributed by atoms with Crippen molar-refractivity contribution in [1.29, 1.82) is 0 Å². The molecular formula is C12H25NO5S. The van der Waals surface area contributed by atoms with Gasteiger partial charge in [-0.15, -0.1) is 0 Å². The van der Waals surface area contributed by atoms with Crippen molar-refractivity contribution in [1.82, 2.24) is 5.32 Å². The minimum absolute atomic E-state index is 0.103. The van der Waals surface area contributed by atoms with Gasteiger partial charge in [0.2, 0.25) is 0 Å². The fourth-order valence-electron chi connectivity index (χ4n) is 1.90. The number of hydrogen-bond acceptors (Lipinski definition) is 6. The summed E-state index contributed by atoms with van der Waals surface area (Å²) >= 11 is 0. The van der Waals surface area contributed by atoms with Crippen LogP contribution in [-0.4, -0.2) is 72.7 Å². The second-order valence-corrected chi connectivity index (χ2v) is 6.85. The zero-order valence-electron chi connectivity index (χ0n) is 11.6. The Bertz CT molecular complexity index is 320. The molecular weight excluding hydrogens is 270 g/mol. The third kappa shape index (κ3) is 8.54. The third-order valence-electron chi connectivity index (χ3n) is 2.92. The molecule has 6 nitrogen and oxygen atoms in total. The second kappa shape index (κ2) is 9.66. The van der Waals surface area contributed by atoms with Gasteiger partial charge in [-0.05, 0) is 12.8 Å². The van der Waals surface area contributed by atoms with E-state index in [0.29, 0.717) is 45.3 Å². The molecule has 1 unspecified atom stereocenters. The van der Waals surface area contributed by atoms with E-state index in [1.165, 1.54) is 0 Å². The van der Waals surface area contributed by atoms with Crippen molar-refractivity contribution in [3.63, 3.8) is 0 Å². The average molecular weight is 295 g/mol.